The van der Waals surface area contributed by atoms with Gasteiger partial charge in [-0.2, -0.15) is 0 Å². The Morgan fingerprint density at radius 3 is 2.50 bits per heavy atom. The number of rotatable bonds is 1. The summed E-state index contributed by atoms with van der Waals surface area (Å²) >= 11 is 0. The summed E-state index contributed by atoms with van der Waals surface area (Å²) in [6, 6.07) is 0. The Kier molecular flexibility index (Phi) is 3.09. The van der Waals surface area contributed by atoms with Gasteiger partial charge in [-0.25, -0.2) is 0 Å². The van der Waals surface area contributed by atoms with Gasteiger partial charge in [-0.3, -0.25) is 5.41 Å². The highest BCUT2D eigenvalue weighted by atomic mass is 15.2. The molecule has 0 spiro atoms. The minimum absolute atomic E-state index is 0.580. The van der Waals surface area contributed by atoms with Crippen LogP contribution < -0.4 is 0 Å². The van der Waals surface area contributed by atoms with Gasteiger partial charge in [0.25, 0.3) is 0 Å². The lowest BCUT2D eigenvalue weighted by Gasteiger charge is -2.31. The van der Waals surface area contributed by atoms with Gasteiger partial charge in [-0.15, -0.1) is 0 Å². The molecule has 1 aliphatic carbocycles. The molecule has 1 N–H and O–H groups in total. The number of hydrogen-bond acceptors (Lipinski definition) is 1. The predicted octanol–water partition coefficient (Wildman–Crippen LogP) is 2.89. The van der Waals surface area contributed by atoms with Gasteiger partial charge in [0.05, 0.1) is 5.84 Å². The van der Waals surface area contributed by atoms with E-state index in [1.807, 2.05) is 0 Å². The zero-order chi connectivity index (χ0) is 9.97. The molecule has 1 saturated carbocycles. The average molecular weight is 194 g/mol. The number of hydrogen-bond donors (Lipinski definition) is 1. The van der Waals surface area contributed by atoms with Crippen LogP contribution in [-0.2, 0) is 0 Å². The van der Waals surface area contributed by atoms with Crippen LogP contribution in [0.25, 0.3) is 0 Å². The minimum atomic E-state index is 0.580. The zero-order valence-corrected chi connectivity index (χ0v) is 9.26. The third-order valence-electron chi connectivity index (χ3n) is 3.77. The largest absolute Gasteiger partial charge is 0.360 e. The summed E-state index contributed by atoms with van der Waals surface area (Å²) < 4.78 is 0. The van der Waals surface area contributed by atoms with Gasteiger partial charge in [0.2, 0.25) is 0 Å². The molecule has 1 aliphatic heterocycles. The number of amidine groups is 1. The van der Waals surface area contributed by atoms with Gasteiger partial charge in [0.15, 0.2) is 0 Å². The maximum absolute atomic E-state index is 8.20. The lowest BCUT2D eigenvalue weighted by molar-refractivity contribution is 0.316. The molecule has 2 nitrogen and oxygen atoms in total. The number of nitrogens with one attached hydrogen (secondary N) is 1. The molecule has 0 radical (unpaired) electrons. The van der Waals surface area contributed by atoms with E-state index in [2.05, 4.69) is 11.8 Å². The van der Waals surface area contributed by atoms with Gasteiger partial charge < -0.3 is 4.90 Å². The smallest absolute Gasteiger partial charge is 0.0989 e. The fraction of sp³-hybridized carbons (Fsp3) is 0.917. The van der Waals surface area contributed by atoms with E-state index >= 15 is 0 Å². The predicted molar refractivity (Wildman–Crippen MR) is 59.7 cm³/mol. The first kappa shape index (κ1) is 10.0. The topological polar surface area (TPSA) is 27.1 Å². The lowest BCUT2D eigenvalue weighted by Crippen LogP contribution is -2.35. The van der Waals surface area contributed by atoms with Crippen LogP contribution in [0.5, 0.6) is 0 Å². The van der Waals surface area contributed by atoms with Crippen molar-refractivity contribution in [2.75, 3.05) is 13.1 Å². The third kappa shape index (κ3) is 2.10. The summed E-state index contributed by atoms with van der Waals surface area (Å²) in [5.74, 6) is 2.38. The van der Waals surface area contributed by atoms with Crippen LogP contribution in [0.2, 0.25) is 0 Å². The van der Waals surface area contributed by atoms with Gasteiger partial charge in [-0.05, 0) is 31.6 Å². The fourth-order valence-corrected chi connectivity index (χ4v) is 2.90. The van der Waals surface area contributed by atoms with Crippen LogP contribution in [0.4, 0.5) is 0 Å². The SMILES string of the molecule is CC1CCCC(C(=N)N2CCCC2)C1. The van der Waals surface area contributed by atoms with Crippen LogP contribution in [0.3, 0.4) is 0 Å². The van der Waals surface area contributed by atoms with Crippen molar-refractivity contribution in [3.05, 3.63) is 0 Å². The van der Waals surface area contributed by atoms with Crippen molar-refractivity contribution < 1.29 is 0 Å². The normalized spacial score (nSPS) is 33.4. The Bertz CT molecular complexity index is 206. The molecule has 2 heteroatoms. The average Bonchev–Trinajstić information content (AvgIpc) is 2.69. The second kappa shape index (κ2) is 4.33. The van der Waals surface area contributed by atoms with E-state index in [1.54, 1.807) is 0 Å². The molecule has 2 rings (SSSR count). The number of nitrogens with zero attached hydrogens (tertiary/aromatic N) is 1. The van der Waals surface area contributed by atoms with Gasteiger partial charge in [0, 0.05) is 19.0 Å². The van der Waals surface area contributed by atoms with Crippen molar-refractivity contribution in [2.24, 2.45) is 11.8 Å². The molecule has 14 heavy (non-hydrogen) atoms. The quantitative estimate of drug-likeness (QED) is 0.504. The highest BCUT2D eigenvalue weighted by molar-refractivity contribution is 5.82. The molecular formula is C12H22N2. The van der Waals surface area contributed by atoms with E-state index in [4.69, 9.17) is 5.41 Å². The Labute approximate surface area is 87.2 Å². The second-order valence-corrected chi connectivity index (χ2v) is 5.05. The van der Waals surface area contributed by atoms with Crippen molar-refractivity contribution in [3.63, 3.8) is 0 Å². The van der Waals surface area contributed by atoms with E-state index in [0.29, 0.717) is 5.92 Å². The Hall–Kier alpha value is -0.530. The van der Waals surface area contributed by atoms with Crippen LogP contribution >= 0.6 is 0 Å². The molecule has 0 bridgehead atoms. The molecule has 1 heterocycles. The Balaban J connectivity index is 1.89. The van der Waals surface area contributed by atoms with E-state index in [-0.39, 0.29) is 0 Å². The van der Waals surface area contributed by atoms with E-state index in [9.17, 15) is 0 Å². The molecule has 2 unspecified atom stereocenters. The highest BCUT2D eigenvalue weighted by Gasteiger charge is 2.26. The molecule has 80 valence electrons. The summed E-state index contributed by atoms with van der Waals surface area (Å²) in [5.41, 5.74) is 0. The molecule has 0 aromatic heterocycles. The van der Waals surface area contributed by atoms with Crippen LogP contribution in [0.1, 0.15) is 45.4 Å². The summed E-state index contributed by atoms with van der Waals surface area (Å²) in [6.07, 6.45) is 7.83. The van der Waals surface area contributed by atoms with Crippen LogP contribution in [0, 0.1) is 17.2 Å². The van der Waals surface area contributed by atoms with E-state index in [0.717, 1.165) is 24.8 Å². The summed E-state index contributed by atoms with van der Waals surface area (Å²) in [5, 5.41) is 8.20. The second-order valence-electron chi connectivity index (χ2n) is 5.05. The fourth-order valence-electron chi connectivity index (χ4n) is 2.90. The monoisotopic (exact) mass is 194 g/mol. The van der Waals surface area contributed by atoms with Gasteiger partial charge >= 0.3 is 0 Å². The van der Waals surface area contributed by atoms with E-state index in [1.165, 1.54) is 38.5 Å². The summed E-state index contributed by atoms with van der Waals surface area (Å²) in [7, 11) is 0. The molecule has 2 aliphatic rings. The van der Waals surface area contributed by atoms with Crippen LogP contribution in [-0.4, -0.2) is 23.8 Å². The maximum Gasteiger partial charge on any atom is 0.0989 e. The van der Waals surface area contributed by atoms with Crippen molar-refractivity contribution in [1.82, 2.24) is 4.90 Å². The molecule has 0 aromatic carbocycles. The first-order chi connectivity index (χ1) is 6.77. The molecule has 0 aromatic rings. The van der Waals surface area contributed by atoms with Gasteiger partial charge in [-0.1, -0.05) is 19.8 Å². The highest BCUT2D eigenvalue weighted by Crippen LogP contribution is 2.30. The van der Waals surface area contributed by atoms with Crippen molar-refractivity contribution in [1.29, 1.82) is 5.41 Å². The summed E-state index contributed by atoms with van der Waals surface area (Å²) in [6.45, 7) is 4.62. The van der Waals surface area contributed by atoms with Crippen molar-refractivity contribution >= 4 is 5.84 Å². The van der Waals surface area contributed by atoms with Crippen molar-refractivity contribution in [2.45, 2.75) is 45.4 Å². The maximum atomic E-state index is 8.20. The number of likely N-dealkylation sites (tertiary alicyclic amines) is 1. The summed E-state index contributed by atoms with van der Waals surface area (Å²) in [4.78, 5) is 2.31. The Morgan fingerprint density at radius 1 is 1.14 bits per heavy atom. The molecular weight excluding hydrogens is 172 g/mol. The zero-order valence-electron chi connectivity index (χ0n) is 9.26. The first-order valence-electron chi connectivity index (χ1n) is 6.11. The lowest BCUT2D eigenvalue weighted by atomic mass is 9.81. The Morgan fingerprint density at radius 2 is 1.86 bits per heavy atom. The first-order valence-corrected chi connectivity index (χ1v) is 6.11. The van der Waals surface area contributed by atoms with Crippen LogP contribution in [0.15, 0.2) is 0 Å². The van der Waals surface area contributed by atoms with E-state index < -0.39 is 0 Å². The van der Waals surface area contributed by atoms with Gasteiger partial charge in [0.1, 0.15) is 0 Å². The standard InChI is InChI=1S/C12H22N2/c1-10-5-4-6-11(9-10)12(13)14-7-2-3-8-14/h10-11,13H,2-9H2,1H3. The molecule has 2 atom stereocenters. The third-order valence-corrected chi connectivity index (χ3v) is 3.77. The van der Waals surface area contributed by atoms with Crippen molar-refractivity contribution in [3.8, 4) is 0 Å². The molecule has 2 fully saturated rings. The minimum Gasteiger partial charge on any atom is -0.360 e. The molecule has 0 amide bonds. The molecule has 1 saturated heterocycles.